The van der Waals surface area contributed by atoms with Crippen molar-refractivity contribution in [3.05, 3.63) is 57.6 Å². The smallest absolute Gasteiger partial charge is 0.326 e. The summed E-state index contributed by atoms with van der Waals surface area (Å²) in [7, 11) is -3.63. The van der Waals surface area contributed by atoms with Crippen molar-refractivity contribution < 1.29 is 28.7 Å². The number of phenols is 1. The molecule has 0 amide bonds. The van der Waals surface area contributed by atoms with Crippen molar-refractivity contribution in [2.24, 2.45) is 0 Å². The lowest BCUT2D eigenvalue weighted by molar-refractivity contribution is -0.148. The van der Waals surface area contributed by atoms with Gasteiger partial charge in [-0.1, -0.05) is 26.0 Å². The molecule has 2 aromatic carbocycles. The quantitative estimate of drug-likeness (QED) is 0.115. The van der Waals surface area contributed by atoms with E-state index in [9.17, 15) is 14.5 Å². The molecular weight excluding hydrogens is 571 g/mol. The second-order valence-corrected chi connectivity index (χ2v) is 14.6. The van der Waals surface area contributed by atoms with Crippen LogP contribution in [-0.4, -0.2) is 46.8 Å². The predicted octanol–water partition coefficient (Wildman–Crippen LogP) is 7.22. The monoisotopic (exact) mass is 620 g/mol. The number of phenolic OH excluding ortho intramolecular Hbond substituents is 1. The van der Waals surface area contributed by atoms with E-state index in [1.165, 1.54) is 5.56 Å². The molecule has 0 aliphatic heterocycles. The molecule has 3 N–H and O–H groups in total. The van der Waals surface area contributed by atoms with Crippen LogP contribution in [0.2, 0.25) is 0 Å². The van der Waals surface area contributed by atoms with E-state index in [1.54, 1.807) is 40.7 Å². The van der Waals surface area contributed by atoms with E-state index in [4.69, 9.17) is 26.4 Å². The fraction of sp³-hybridized carbons (Fsp3) is 0.562. The van der Waals surface area contributed by atoms with Crippen LogP contribution in [0.15, 0.2) is 24.3 Å². The molecule has 0 aliphatic rings. The number of carbonyl (C=O) groups is 1. The van der Waals surface area contributed by atoms with Gasteiger partial charge in [-0.3, -0.25) is 9.36 Å². The summed E-state index contributed by atoms with van der Waals surface area (Å²) in [4.78, 5) is 12.7. The molecule has 10 heteroatoms. The Morgan fingerprint density at radius 3 is 2.14 bits per heavy atom. The van der Waals surface area contributed by atoms with Crippen LogP contribution in [-0.2, 0) is 25.3 Å². The lowest BCUT2D eigenvalue weighted by Crippen LogP contribution is -2.53. The van der Waals surface area contributed by atoms with Gasteiger partial charge in [-0.15, -0.1) is 0 Å². The zero-order chi connectivity index (χ0) is 32.0. The van der Waals surface area contributed by atoms with Crippen LogP contribution >= 0.6 is 19.7 Å². The van der Waals surface area contributed by atoms with Gasteiger partial charge in [0.1, 0.15) is 17.0 Å². The van der Waals surface area contributed by atoms with Gasteiger partial charge in [0, 0.05) is 0 Å². The molecule has 0 aliphatic carbocycles. The molecule has 42 heavy (non-hydrogen) atoms. The van der Waals surface area contributed by atoms with Crippen LogP contribution in [0.5, 0.6) is 11.5 Å². The molecule has 0 saturated carbocycles. The average molecular weight is 621 g/mol. The molecule has 0 heterocycles. The van der Waals surface area contributed by atoms with E-state index < -0.39 is 24.5 Å². The van der Waals surface area contributed by atoms with Crippen LogP contribution in [0.3, 0.4) is 0 Å². The number of hydrogen-bond acceptors (Lipinski definition) is 7. The molecule has 0 bridgehead atoms. The van der Waals surface area contributed by atoms with Gasteiger partial charge in [-0.05, 0) is 132 Å². The fourth-order valence-electron chi connectivity index (χ4n) is 4.77. The highest BCUT2D eigenvalue weighted by molar-refractivity contribution is 7.80. The fourth-order valence-corrected chi connectivity index (χ4v) is 7.52. The number of hydrogen-bond donors (Lipinski definition) is 3. The highest BCUT2D eigenvalue weighted by atomic mass is 32.1. The van der Waals surface area contributed by atoms with Gasteiger partial charge < -0.3 is 19.3 Å². The van der Waals surface area contributed by atoms with Gasteiger partial charge in [-0.2, -0.15) is 0 Å². The van der Waals surface area contributed by atoms with Crippen LogP contribution in [0.1, 0.15) is 94.7 Å². The number of aromatic hydroxyl groups is 1. The lowest BCUT2D eigenvalue weighted by Gasteiger charge is -2.36. The summed E-state index contributed by atoms with van der Waals surface area (Å²) in [5.74, 6) is 0.596. The summed E-state index contributed by atoms with van der Waals surface area (Å²) < 4.78 is 31.5. The minimum Gasteiger partial charge on any atom is -0.508 e. The van der Waals surface area contributed by atoms with Gasteiger partial charge in [0.05, 0.1) is 18.8 Å². The Bertz CT molecular complexity index is 1300. The van der Waals surface area contributed by atoms with Gasteiger partial charge in [0.25, 0.3) is 0 Å². The van der Waals surface area contributed by atoms with Gasteiger partial charge in [0.15, 0.2) is 11.4 Å². The van der Waals surface area contributed by atoms with E-state index in [0.29, 0.717) is 24.5 Å². The third-order valence-corrected chi connectivity index (χ3v) is 10.2. The van der Waals surface area contributed by atoms with Crippen LogP contribution < -0.4 is 14.9 Å². The first-order valence-electron chi connectivity index (χ1n) is 14.4. The summed E-state index contributed by atoms with van der Waals surface area (Å²) in [6.07, 6.45) is 0.458. The van der Waals surface area contributed by atoms with Crippen molar-refractivity contribution in [2.45, 2.75) is 99.6 Å². The third kappa shape index (κ3) is 9.03. The Morgan fingerprint density at radius 1 is 0.976 bits per heavy atom. The number of carbonyl (C=O) groups excluding carboxylic acids is 1. The molecular formula is C32H49N2O6PS. The molecule has 2 aromatic rings. The molecule has 0 saturated heterocycles. The molecule has 2 rings (SSSR count). The highest BCUT2D eigenvalue weighted by Crippen LogP contribution is 2.43. The van der Waals surface area contributed by atoms with Crippen molar-refractivity contribution in [2.75, 3.05) is 19.6 Å². The van der Waals surface area contributed by atoms with E-state index >= 15 is 0 Å². The molecule has 234 valence electrons. The summed E-state index contributed by atoms with van der Waals surface area (Å²) in [6, 6.07) is 7.73. The van der Waals surface area contributed by atoms with Crippen molar-refractivity contribution in [1.29, 1.82) is 0 Å². The zero-order valence-electron chi connectivity index (χ0n) is 27.1. The molecule has 0 spiro atoms. The summed E-state index contributed by atoms with van der Waals surface area (Å²) in [6.45, 7) is 21.1. The first-order chi connectivity index (χ1) is 19.4. The largest absolute Gasteiger partial charge is 0.508 e. The van der Waals surface area contributed by atoms with E-state index in [0.717, 1.165) is 27.8 Å². The maximum Gasteiger partial charge on any atom is 0.326 e. The number of thiocarbonyl (C=S) groups is 1. The topological polar surface area (TPSA) is 106 Å². The van der Waals surface area contributed by atoms with Crippen LogP contribution in [0.4, 0.5) is 0 Å². The van der Waals surface area contributed by atoms with Gasteiger partial charge >= 0.3 is 5.97 Å². The summed E-state index contributed by atoms with van der Waals surface area (Å²) in [5, 5.41) is 16.6. The summed E-state index contributed by atoms with van der Waals surface area (Å²) in [5.41, 5.74) is 4.01. The second-order valence-electron chi connectivity index (χ2n) is 12.1. The number of nitrogens with one attached hydrogen (secondary N) is 2. The molecule has 0 radical (unpaired) electrons. The maximum atomic E-state index is 14.4. The Hall–Kier alpha value is -2.45. The van der Waals surface area contributed by atoms with E-state index in [2.05, 4.69) is 37.0 Å². The molecule has 1 atom stereocenters. The normalized spacial score (nSPS) is 13.5. The van der Waals surface area contributed by atoms with Crippen molar-refractivity contribution >= 4 is 30.7 Å². The number of esters is 1. The number of benzene rings is 2. The number of aryl methyl sites for hydroxylation is 1. The SMILES string of the molecule is CCOC(=O)C(C)(C)NP(=O)(COc1cc(C)c(Cc2ccc(O)c(C(C)C)c2)c(C)c1C)NC(C)(C)C(=S)OCC. The van der Waals surface area contributed by atoms with Gasteiger partial charge in [0.2, 0.25) is 7.44 Å². The van der Waals surface area contributed by atoms with Crippen molar-refractivity contribution in [1.82, 2.24) is 10.2 Å². The second kappa shape index (κ2) is 14.3. The van der Waals surface area contributed by atoms with E-state index in [1.807, 2.05) is 32.9 Å². The first-order valence-corrected chi connectivity index (χ1v) is 16.7. The minimum atomic E-state index is -3.63. The lowest BCUT2D eigenvalue weighted by atomic mass is 9.91. The Kier molecular flexibility index (Phi) is 12.2. The Morgan fingerprint density at radius 2 is 1.57 bits per heavy atom. The predicted molar refractivity (Wildman–Crippen MR) is 174 cm³/mol. The van der Waals surface area contributed by atoms with Crippen LogP contribution in [0, 0.1) is 20.8 Å². The Balaban J connectivity index is 2.41. The van der Waals surface area contributed by atoms with E-state index in [-0.39, 0.29) is 23.9 Å². The highest BCUT2D eigenvalue weighted by Gasteiger charge is 2.42. The summed E-state index contributed by atoms with van der Waals surface area (Å²) >= 11 is 5.44. The standard InChI is InChI=1S/C32H49N2O6PS/c1-12-38-29(36)31(8,9)33-41(37,34-32(10,11)30(42)39-13-2)19-40-28-16-21(5)26(22(6)23(28)7)18-24-14-15-27(35)25(17-24)20(3)4/h14-17,20,35H,12-13,18-19H2,1-11H3,(H2,33,34,37). The average Bonchev–Trinajstić information content (AvgIpc) is 2.88. The third-order valence-electron chi connectivity index (χ3n) is 7.20. The Labute approximate surface area is 257 Å². The molecule has 8 nitrogen and oxygen atoms in total. The first kappa shape index (κ1) is 35.7. The van der Waals surface area contributed by atoms with Gasteiger partial charge in [-0.25, -0.2) is 10.2 Å². The number of rotatable bonds is 14. The molecule has 0 fully saturated rings. The number of ether oxygens (including phenoxy) is 3. The van der Waals surface area contributed by atoms with Crippen molar-refractivity contribution in [3.8, 4) is 11.5 Å². The molecule has 0 aromatic heterocycles. The maximum absolute atomic E-state index is 14.4. The zero-order valence-corrected chi connectivity index (χ0v) is 28.8. The minimum absolute atomic E-state index is 0.200. The molecule has 1 unspecified atom stereocenters. The van der Waals surface area contributed by atoms with Crippen molar-refractivity contribution in [3.63, 3.8) is 0 Å². The van der Waals surface area contributed by atoms with Crippen LogP contribution in [0.25, 0.3) is 0 Å².